The van der Waals surface area contributed by atoms with Gasteiger partial charge in [0, 0.05) is 30.3 Å². The number of aromatic nitrogens is 3. The molecule has 1 saturated carbocycles. The molecule has 7 heteroatoms. The smallest absolute Gasteiger partial charge is 0.194 e. The maximum atomic E-state index is 5.03. The summed E-state index contributed by atoms with van der Waals surface area (Å²) < 4.78 is 2.01. The van der Waals surface area contributed by atoms with Crippen LogP contribution in [0.1, 0.15) is 38.4 Å². The fourth-order valence-electron chi connectivity index (χ4n) is 3.49. The van der Waals surface area contributed by atoms with Gasteiger partial charge in [0.1, 0.15) is 12.2 Å². The van der Waals surface area contributed by atoms with Crippen molar-refractivity contribution >= 4 is 17.7 Å². The summed E-state index contributed by atoms with van der Waals surface area (Å²) in [6.07, 6.45) is 6.63. The molecule has 3 rings (SSSR count). The van der Waals surface area contributed by atoms with Crippen LogP contribution in [0.5, 0.6) is 0 Å². The largest absolute Gasteiger partial charge is 0.357 e. The molecule has 1 aliphatic carbocycles. The lowest BCUT2D eigenvalue weighted by atomic mass is 10.1. The van der Waals surface area contributed by atoms with E-state index in [4.69, 9.17) is 4.99 Å². The van der Waals surface area contributed by atoms with Crippen molar-refractivity contribution in [3.05, 3.63) is 42.5 Å². The lowest BCUT2D eigenvalue weighted by Gasteiger charge is -2.28. The molecule has 0 saturated heterocycles. The first kappa shape index (κ1) is 19.7. The predicted octanol–water partition coefficient (Wildman–Crippen LogP) is 3.32. The predicted molar refractivity (Wildman–Crippen MR) is 112 cm³/mol. The minimum atomic E-state index is 0.202. The molecule has 0 aliphatic heterocycles. The Balaban J connectivity index is 1.72. The van der Waals surface area contributed by atoms with Crippen LogP contribution in [-0.4, -0.2) is 50.5 Å². The van der Waals surface area contributed by atoms with E-state index in [-0.39, 0.29) is 4.75 Å². The van der Waals surface area contributed by atoms with Crippen LogP contribution in [0.25, 0.3) is 0 Å². The molecule has 146 valence electrons. The van der Waals surface area contributed by atoms with Gasteiger partial charge < -0.3 is 10.2 Å². The molecule has 1 aromatic carbocycles. The van der Waals surface area contributed by atoms with Crippen LogP contribution in [-0.2, 0) is 13.6 Å². The van der Waals surface area contributed by atoms with Crippen LogP contribution >= 0.6 is 11.8 Å². The van der Waals surface area contributed by atoms with Crippen molar-refractivity contribution in [3.8, 4) is 0 Å². The standard InChI is InChI=1S/C20H30N6S/c1-4-21-19(25(2)14-18-23-16-24-26(18)3)22-15-20(12-8-9-13-20)27-17-10-6-5-7-11-17/h5-7,10-11,16H,4,8-9,12-15H2,1-3H3,(H,21,22). The molecular formula is C20H30N6S. The van der Waals surface area contributed by atoms with Gasteiger partial charge in [-0.05, 0) is 31.9 Å². The third-order valence-electron chi connectivity index (χ3n) is 4.99. The molecule has 0 radical (unpaired) electrons. The third-order valence-corrected chi connectivity index (χ3v) is 6.47. The van der Waals surface area contributed by atoms with Crippen molar-refractivity contribution in [2.75, 3.05) is 20.1 Å². The van der Waals surface area contributed by atoms with Crippen LogP contribution in [0.15, 0.2) is 46.5 Å². The summed E-state index contributed by atoms with van der Waals surface area (Å²) in [6.45, 7) is 4.47. The second kappa shape index (κ2) is 9.26. The number of aryl methyl sites for hydroxylation is 1. The van der Waals surface area contributed by atoms with E-state index in [2.05, 4.69) is 64.6 Å². The molecule has 0 amide bonds. The number of nitrogens with zero attached hydrogens (tertiary/aromatic N) is 5. The molecule has 0 atom stereocenters. The van der Waals surface area contributed by atoms with E-state index in [0.717, 1.165) is 24.9 Å². The van der Waals surface area contributed by atoms with Gasteiger partial charge in [0.05, 0.1) is 13.1 Å². The molecule has 6 nitrogen and oxygen atoms in total. The van der Waals surface area contributed by atoms with Gasteiger partial charge in [-0.3, -0.25) is 9.67 Å². The van der Waals surface area contributed by atoms with Crippen molar-refractivity contribution < 1.29 is 0 Å². The summed E-state index contributed by atoms with van der Waals surface area (Å²) in [4.78, 5) is 12.8. The fourth-order valence-corrected chi connectivity index (χ4v) is 4.90. The molecule has 1 N–H and O–H groups in total. The minimum absolute atomic E-state index is 0.202. The second-order valence-electron chi connectivity index (χ2n) is 7.13. The molecule has 1 aliphatic rings. The molecule has 1 aromatic heterocycles. The molecular weight excluding hydrogens is 356 g/mol. The first-order valence-corrected chi connectivity index (χ1v) is 10.5. The summed E-state index contributed by atoms with van der Waals surface area (Å²) >= 11 is 2.00. The average molecular weight is 387 g/mol. The van der Waals surface area contributed by atoms with E-state index in [1.165, 1.54) is 30.6 Å². The van der Waals surface area contributed by atoms with Crippen LogP contribution in [0.4, 0.5) is 0 Å². The van der Waals surface area contributed by atoms with Gasteiger partial charge in [-0.2, -0.15) is 5.10 Å². The van der Waals surface area contributed by atoms with Gasteiger partial charge in [0.15, 0.2) is 5.96 Å². The van der Waals surface area contributed by atoms with Gasteiger partial charge in [-0.1, -0.05) is 31.0 Å². The van der Waals surface area contributed by atoms with Crippen LogP contribution in [0.3, 0.4) is 0 Å². The molecule has 0 spiro atoms. The Hall–Kier alpha value is -2.02. The number of aliphatic imine (C=N–C) groups is 1. The molecule has 27 heavy (non-hydrogen) atoms. The molecule has 0 bridgehead atoms. The topological polar surface area (TPSA) is 58.3 Å². The summed E-state index contributed by atoms with van der Waals surface area (Å²) in [7, 11) is 3.98. The maximum absolute atomic E-state index is 5.03. The van der Waals surface area contributed by atoms with E-state index in [1.807, 2.05) is 23.5 Å². The Morgan fingerprint density at radius 1 is 1.30 bits per heavy atom. The minimum Gasteiger partial charge on any atom is -0.357 e. The molecule has 2 aromatic rings. The van der Waals surface area contributed by atoms with E-state index in [1.54, 1.807) is 6.33 Å². The van der Waals surface area contributed by atoms with Gasteiger partial charge in [0.2, 0.25) is 0 Å². The maximum Gasteiger partial charge on any atom is 0.194 e. The first-order valence-electron chi connectivity index (χ1n) is 9.68. The van der Waals surface area contributed by atoms with Crippen molar-refractivity contribution in [3.63, 3.8) is 0 Å². The number of rotatable bonds is 7. The lowest BCUT2D eigenvalue weighted by Crippen LogP contribution is -2.40. The number of hydrogen-bond donors (Lipinski definition) is 1. The SMILES string of the molecule is CCNC(=NCC1(Sc2ccccc2)CCCC1)N(C)Cc1ncnn1C. The zero-order chi connectivity index (χ0) is 19.1. The van der Waals surface area contributed by atoms with Gasteiger partial charge in [-0.25, -0.2) is 4.98 Å². The Bertz CT molecular complexity index is 736. The molecule has 1 fully saturated rings. The van der Waals surface area contributed by atoms with Crippen molar-refractivity contribution in [1.82, 2.24) is 25.0 Å². The highest BCUT2D eigenvalue weighted by atomic mass is 32.2. The quantitative estimate of drug-likeness (QED) is 0.584. The van der Waals surface area contributed by atoms with E-state index in [9.17, 15) is 0 Å². The third kappa shape index (κ3) is 5.25. The fraction of sp³-hybridized carbons (Fsp3) is 0.550. The highest BCUT2D eigenvalue weighted by molar-refractivity contribution is 8.00. The number of nitrogens with one attached hydrogen (secondary N) is 1. The number of guanidine groups is 1. The average Bonchev–Trinajstić information content (AvgIpc) is 3.29. The van der Waals surface area contributed by atoms with E-state index in [0.29, 0.717) is 6.54 Å². The van der Waals surface area contributed by atoms with Crippen molar-refractivity contribution in [1.29, 1.82) is 0 Å². The van der Waals surface area contributed by atoms with E-state index >= 15 is 0 Å². The zero-order valence-electron chi connectivity index (χ0n) is 16.6. The van der Waals surface area contributed by atoms with Gasteiger partial charge >= 0.3 is 0 Å². The van der Waals surface area contributed by atoms with Crippen LogP contribution in [0.2, 0.25) is 0 Å². The van der Waals surface area contributed by atoms with E-state index < -0.39 is 0 Å². The lowest BCUT2D eigenvalue weighted by molar-refractivity contribution is 0.446. The zero-order valence-corrected chi connectivity index (χ0v) is 17.4. The second-order valence-corrected chi connectivity index (χ2v) is 8.67. The Labute approximate surface area is 166 Å². The Morgan fingerprint density at radius 2 is 2.04 bits per heavy atom. The number of benzene rings is 1. The Morgan fingerprint density at radius 3 is 2.67 bits per heavy atom. The normalized spacial score (nSPS) is 16.5. The van der Waals surface area contributed by atoms with Crippen LogP contribution in [0, 0.1) is 0 Å². The summed E-state index contributed by atoms with van der Waals surface area (Å²) in [5.74, 6) is 1.86. The summed E-state index contributed by atoms with van der Waals surface area (Å²) in [5, 5.41) is 7.59. The highest BCUT2D eigenvalue weighted by Gasteiger charge is 2.35. The van der Waals surface area contributed by atoms with Gasteiger partial charge in [0.25, 0.3) is 0 Å². The summed E-state index contributed by atoms with van der Waals surface area (Å²) in [5.41, 5.74) is 0. The van der Waals surface area contributed by atoms with Crippen molar-refractivity contribution in [2.45, 2.75) is 48.8 Å². The Kier molecular flexibility index (Phi) is 6.77. The molecule has 0 unspecified atom stereocenters. The van der Waals surface area contributed by atoms with Crippen molar-refractivity contribution in [2.24, 2.45) is 12.0 Å². The first-order chi connectivity index (χ1) is 13.1. The number of hydrogen-bond acceptors (Lipinski definition) is 4. The van der Waals surface area contributed by atoms with Crippen LogP contribution < -0.4 is 5.32 Å². The van der Waals surface area contributed by atoms with Gasteiger partial charge in [-0.15, -0.1) is 11.8 Å². The molecule has 1 heterocycles. The summed E-state index contributed by atoms with van der Waals surface area (Å²) in [6, 6.07) is 10.7. The number of thioether (sulfide) groups is 1. The highest BCUT2D eigenvalue weighted by Crippen LogP contribution is 2.45. The monoisotopic (exact) mass is 386 g/mol.